The van der Waals surface area contributed by atoms with Gasteiger partial charge in [-0.25, -0.2) is 4.79 Å². The number of fused-ring (bicyclic) bond motifs is 1. The van der Waals surface area contributed by atoms with Crippen LogP contribution in [-0.4, -0.2) is 41.5 Å². The van der Waals surface area contributed by atoms with Gasteiger partial charge in [0.25, 0.3) is 11.5 Å². The van der Waals surface area contributed by atoms with Crippen molar-refractivity contribution in [1.82, 2.24) is 9.78 Å². The van der Waals surface area contributed by atoms with Crippen LogP contribution in [0.2, 0.25) is 0 Å². The normalized spacial score (nSPS) is 10.7. The fourth-order valence-electron chi connectivity index (χ4n) is 3.35. The van der Waals surface area contributed by atoms with Crippen LogP contribution in [0.1, 0.15) is 24.3 Å². The zero-order valence-electron chi connectivity index (χ0n) is 19.1. The van der Waals surface area contributed by atoms with Crippen LogP contribution in [0.4, 0.5) is 5.00 Å². The molecule has 4 rings (SSSR count). The molecular formula is C25H23N3O6S. The van der Waals surface area contributed by atoms with Crippen molar-refractivity contribution in [2.45, 2.75) is 13.8 Å². The van der Waals surface area contributed by atoms with Crippen LogP contribution < -0.4 is 20.3 Å². The number of nitrogens with zero attached hydrogens (tertiary/aromatic N) is 2. The van der Waals surface area contributed by atoms with Gasteiger partial charge in [-0.3, -0.25) is 9.59 Å². The fraction of sp³-hybridized carbons (Fsp3) is 0.200. The second-order valence-electron chi connectivity index (χ2n) is 7.22. The van der Waals surface area contributed by atoms with Crippen LogP contribution in [0, 0.1) is 0 Å². The number of carbonyl (C=O) groups excluding carboxylic acids is 2. The molecule has 0 atom stereocenters. The number of rotatable bonds is 9. The van der Waals surface area contributed by atoms with E-state index in [-0.39, 0.29) is 24.3 Å². The average Bonchev–Trinajstić information content (AvgIpc) is 3.28. The first-order valence-corrected chi connectivity index (χ1v) is 11.8. The lowest BCUT2D eigenvalue weighted by Gasteiger charge is -2.11. The molecule has 1 amide bonds. The number of hydrogen-bond acceptors (Lipinski definition) is 8. The second-order valence-corrected chi connectivity index (χ2v) is 8.10. The van der Waals surface area contributed by atoms with E-state index in [0.29, 0.717) is 34.2 Å². The molecule has 0 radical (unpaired) electrons. The predicted molar refractivity (Wildman–Crippen MR) is 133 cm³/mol. The lowest BCUT2D eigenvalue weighted by Crippen LogP contribution is -2.26. The molecule has 9 nitrogen and oxygen atoms in total. The van der Waals surface area contributed by atoms with Crippen LogP contribution in [0.25, 0.3) is 16.5 Å². The van der Waals surface area contributed by atoms with E-state index in [1.807, 2.05) is 13.0 Å². The lowest BCUT2D eigenvalue weighted by molar-refractivity contribution is -0.118. The third kappa shape index (κ3) is 5.33. The van der Waals surface area contributed by atoms with Gasteiger partial charge in [0.15, 0.2) is 12.3 Å². The van der Waals surface area contributed by atoms with Crippen molar-refractivity contribution in [3.63, 3.8) is 0 Å². The average molecular weight is 494 g/mol. The highest BCUT2D eigenvalue weighted by Crippen LogP contribution is 2.31. The number of para-hydroxylation sites is 1. The molecule has 2 aromatic heterocycles. The number of anilines is 1. The van der Waals surface area contributed by atoms with Gasteiger partial charge in [-0.1, -0.05) is 18.2 Å². The van der Waals surface area contributed by atoms with Gasteiger partial charge in [0.05, 0.1) is 24.3 Å². The quantitative estimate of drug-likeness (QED) is 0.351. The highest BCUT2D eigenvalue weighted by molar-refractivity contribution is 7.16. The summed E-state index contributed by atoms with van der Waals surface area (Å²) in [5.74, 6) is 0.0719. The Kier molecular flexibility index (Phi) is 7.41. The van der Waals surface area contributed by atoms with Crippen molar-refractivity contribution in [2.75, 3.05) is 25.1 Å². The monoisotopic (exact) mass is 493 g/mol. The molecule has 0 aliphatic carbocycles. The number of esters is 1. The summed E-state index contributed by atoms with van der Waals surface area (Å²) < 4.78 is 17.2. The molecule has 0 spiro atoms. The van der Waals surface area contributed by atoms with E-state index in [4.69, 9.17) is 14.2 Å². The summed E-state index contributed by atoms with van der Waals surface area (Å²) in [6.07, 6.45) is 0. The van der Waals surface area contributed by atoms with Gasteiger partial charge < -0.3 is 19.5 Å². The van der Waals surface area contributed by atoms with Crippen molar-refractivity contribution in [1.29, 1.82) is 0 Å². The van der Waals surface area contributed by atoms with E-state index < -0.39 is 17.4 Å². The lowest BCUT2D eigenvalue weighted by atomic mass is 10.2. The molecule has 35 heavy (non-hydrogen) atoms. The van der Waals surface area contributed by atoms with Crippen LogP contribution in [0.15, 0.2) is 64.8 Å². The van der Waals surface area contributed by atoms with Crippen molar-refractivity contribution in [2.24, 2.45) is 0 Å². The topological polar surface area (TPSA) is 109 Å². The van der Waals surface area contributed by atoms with Gasteiger partial charge in [0, 0.05) is 10.8 Å². The van der Waals surface area contributed by atoms with E-state index >= 15 is 0 Å². The molecule has 2 aromatic carbocycles. The highest BCUT2D eigenvalue weighted by Gasteiger charge is 2.23. The summed E-state index contributed by atoms with van der Waals surface area (Å²) in [6, 6.07) is 15.7. The summed E-state index contributed by atoms with van der Waals surface area (Å²) in [5.41, 5.74) is -0.0767. The maximum atomic E-state index is 13.5. The van der Waals surface area contributed by atoms with E-state index in [1.54, 1.807) is 60.8 Å². The van der Waals surface area contributed by atoms with E-state index in [0.717, 1.165) is 16.0 Å². The van der Waals surface area contributed by atoms with E-state index in [9.17, 15) is 14.4 Å². The molecule has 0 fully saturated rings. The van der Waals surface area contributed by atoms with Crippen LogP contribution >= 0.6 is 11.3 Å². The molecule has 0 saturated heterocycles. The third-order valence-electron chi connectivity index (χ3n) is 4.88. The zero-order chi connectivity index (χ0) is 24.8. The van der Waals surface area contributed by atoms with E-state index in [1.165, 1.54) is 0 Å². The molecule has 0 bridgehead atoms. The van der Waals surface area contributed by atoms with Crippen molar-refractivity contribution in [3.8, 4) is 17.2 Å². The van der Waals surface area contributed by atoms with Crippen molar-refractivity contribution >= 4 is 39.0 Å². The molecule has 10 heteroatoms. The Hall–Kier alpha value is -4.18. The Morgan fingerprint density at radius 1 is 0.971 bits per heavy atom. The minimum absolute atomic E-state index is 0.0207. The number of hydrogen-bond donors (Lipinski definition) is 1. The molecule has 0 unspecified atom stereocenters. The number of amides is 1. The van der Waals surface area contributed by atoms with Crippen LogP contribution in [0.3, 0.4) is 0 Å². The SMILES string of the molecule is CCOC(=O)c1nn(-c2ccc(OCC)cc2)c(=O)c2c(NC(=O)COc3ccccc3)scc12. The first kappa shape index (κ1) is 24.0. The minimum Gasteiger partial charge on any atom is -0.494 e. The molecule has 0 aliphatic heterocycles. The van der Waals surface area contributed by atoms with Gasteiger partial charge in [-0.05, 0) is 50.2 Å². The number of benzene rings is 2. The third-order valence-corrected chi connectivity index (χ3v) is 5.77. The maximum Gasteiger partial charge on any atom is 0.359 e. The summed E-state index contributed by atoms with van der Waals surface area (Å²) >= 11 is 1.12. The van der Waals surface area contributed by atoms with Gasteiger partial charge in [0.2, 0.25) is 0 Å². The standard InChI is InChI=1S/C25H23N3O6S/c1-3-32-18-12-10-16(11-13-18)28-24(30)21-19(22(27-28)25(31)33-4-2)15-35-23(21)26-20(29)14-34-17-8-6-5-7-9-17/h5-13,15H,3-4,14H2,1-2H3,(H,26,29). The van der Waals surface area contributed by atoms with E-state index in [2.05, 4.69) is 10.4 Å². The highest BCUT2D eigenvalue weighted by atomic mass is 32.1. The van der Waals surface area contributed by atoms with Crippen LogP contribution in [-0.2, 0) is 9.53 Å². The number of thiophene rings is 1. The molecule has 2 heterocycles. The molecule has 4 aromatic rings. The van der Waals surface area contributed by atoms with Gasteiger partial charge in [0.1, 0.15) is 16.5 Å². The van der Waals surface area contributed by atoms with Gasteiger partial charge >= 0.3 is 5.97 Å². The summed E-state index contributed by atoms with van der Waals surface area (Å²) in [5, 5.41) is 9.37. The number of ether oxygens (including phenoxy) is 3. The van der Waals surface area contributed by atoms with Crippen LogP contribution in [0.5, 0.6) is 11.5 Å². The Morgan fingerprint density at radius 2 is 1.69 bits per heavy atom. The number of aromatic nitrogens is 2. The first-order valence-electron chi connectivity index (χ1n) is 10.9. The molecule has 180 valence electrons. The molecular weight excluding hydrogens is 470 g/mol. The summed E-state index contributed by atoms with van der Waals surface area (Å²) in [4.78, 5) is 38.7. The first-order chi connectivity index (χ1) is 17.0. The second kappa shape index (κ2) is 10.8. The zero-order valence-corrected chi connectivity index (χ0v) is 20.0. The maximum absolute atomic E-state index is 13.5. The summed E-state index contributed by atoms with van der Waals surface area (Å²) in [6.45, 7) is 3.96. The Labute approximate surface area is 204 Å². The summed E-state index contributed by atoms with van der Waals surface area (Å²) in [7, 11) is 0. The predicted octanol–water partition coefficient (Wildman–Crippen LogP) is 4.04. The van der Waals surface area contributed by atoms with Gasteiger partial charge in [-0.15, -0.1) is 11.3 Å². The molecule has 0 aliphatic rings. The number of nitrogens with one attached hydrogen (secondary N) is 1. The Morgan fingerprint density at radius 3 is 2.37 bits per heavy atom. The Bertz CT molecular complexity index is 1400. The minimum atomic E-state index is -0.666. The fourth-order valence-corrected chi connectivity index (χ4v) is 4.30. The largest absolute Gasteiger partial charge is 0.494 e. The van der Waals surface area contributed by atoms with Gasteiger partial charge in [-0.2, -0.15) is 9.78 Å². The smallest absolute Gasteiger partial charge is 0.359 e. The Balaban J connectivity index is 1.72. The van der Waals surface area contributed by atoms with Crippen molar-refractivity contribution in [3.05, 3.63) is 76.0 Å². The molecule has 1 N–H and O–H groups in total. The van der Waals surface area contributed by atoms with Crippen molar-refractivity contribution < 1.29 is 23.8 Å². The molecule has 0 saturated carbocycles. The number of carbonyl (C=O) groups is 2.